The van der Waals surface area contributed by atoms with E-state index in [1.165, 1.54) is 30.0 Å². The number of aromatic nitrogens is 2. The number of benzene rings is 1. The van der Waals surface area contributed by atoms with Gasteiger partial charge in [-0.15, -0.1) is 0 Å². The van der Waals surface area contributed by atoms with Crippen LogP contribution in [-0.4, -0.2) is 62.4 Å². The highest BCUT2D eigenvalue weighted by Crippen LogP contribution is 2.34. The molecular weight excluding hydrogens is 470 g/mol. The van der Waals surface area contributed by atoms with Crippen LogP contribution in [0.25, 0.3) is 0 Å². The van der Waals surface area contributed by atoms with Crippen molar-refractivity contribution in [3.8, 4) is 0 Å². The minimum absolute atomic E-state index is 0.00602. The van der Waals surface area contributed by atoms with Crippen LogP contribution in [0.3, 0.4) is 0 Å². The summed E-state index contributed by atoms with van der Waals surface area (Å²) in [6.45, 7) is 5.07. The molecule has 0 aliphatic carbocycles. The predicted octanol–water partition coefficient (Wildman–Crippen LogP) is 2.40. The van der Waals surface area contributed by atoms with Crippen molar-refractivity contribution in [3.63, 3.8) is 0 Å². The maximum absolute atomic E-state index is 12.8. The normalized spacial score (nSPS) is 17.5. The van der Waals surface area contributed by atoms with Gasteiger partial charge in [0.2, 0.25) is 0 Å². The third-order valence-electron chi connectivity index (χ3n) is 5.21. The summed E-state index contributed by atoms with van der Waals surface area (Å²) < 4.78 is 53.9. The molecule has 0 atom stereocenters. The summed E-state index contributed by atoms with van der Waals surface area (Å²) >= 11 is 0. The van der Waals surface area contributed by atoms with Crippen LogP contribution in [-0.2, 0) is 46.4 Å². The summed E-state index contributed by atoms with van der Waals surface area (Å²) in [5.74, 6) is -1.30. The van der Waals surface area contributed by atoms with Gasteiger partial charge >= 0.3 is 5.95 Å². The van der Waals surface area contributed by atoms with E-state index >= 15 is 0 Å². The Morgan fingerprint density at radius 1 is 1.21 bits per heavy atom. The Labute approximate surface area is 198 Å². The van der Waals surface area contributed by atoms with Crippen molar-refractivity contribution in [2.75, 3.05) is 33.7 Å². The second-order valence-electron chi connectivity index (χ2n) is 8.68. The zero-order valence-corrected chi connectivity index (χ0v) is 20.4. The molecular formula is C21H29N3O9S. The number of ether oxygens (including phenoxy) is 4. The standard InChI is InChI=1S/C21H29N3O9S/c1-16-5-7-18(8-6-16)34(27,28)33-14-21(12-31-20(2,3)32-13-21)11-23-9-17(10-30-15-29-4)22-19(23)24(25)26/h5-9H,10-15H2,1-4H3. The van der Waals surface area contributed by atoms with Crippen molar-refractivity contribution < 1.29 is 36.5 Å². The fourth-order valence-corrected chi connectivity index (χ4v) is 4.33. The summed E-state index contributed by atoms with van der Waals surface area (Å²) in [5.41, 5.74) is 0.193. The molecule has 1 aromatic heterocycles. The quantitative estimate of drug-likeness (QED) is 0.149. The third kappa shape index (κ3) is 6.58. The van der Waals surface area contributed by atoms with E-state index in [1.54, 1.807) is 26.0 Å². The first-order chi connectivity index (χ1) is 16.0. The Kier molecular flexibility index (Phi) is 8.06. The highest BCUT2D eigenvalue weighted by molar-refractivity contribution is 7.86. The van der Waals surface area contributed by atoms with Gasteiger partial charge in [0.15, 0.2) is 11.5 Å². The molecule has 13 heteroatoms. The van der Waals surface area contributed by atoms with Crippen molar-refractivity contribution in [1.29, 1.82) is 0 Å². The maximum Gasteiger partial charge on any atom is 0.434 e. The molecule has 0 N–H and O–H groups in total. The molecule has 188 valence electrons. The van der Waals surface area contributed by atoms with Crippen LogP contribution < -0.4 is 0 Å². The molecule has 2 aromatic rings. The van der Waals surface area contributed by atoms with Crippen LogP contribution in [0, 0.1) is 22.5 Å². The number of rotatable bonds is 11. The van der Waals surface area contributed by atoms with Gasteiger partial charge in [-0.2, -0.15) is 8.42 Å². The number of imidazole rings is 1. The summed E-state index contributed by atoms with van der Waals surface area (Å²) in [7, 11) is -2.62. The van der Waals surface area contributed by atoms with E-state index in [0.29, 0.717) is 5.69 Å². The van der Waals surface area contributed by atoms with Gasteiger partial charge in [-0.05, 0) is 37.8 Å². The lowest BCUT2D eigenvalue weighted by atomic mass is 9.89. The summed E-state index contributed by atoms with van der Waals surface area (Å²) in [6.07, 6.45) is 1.48. The van der Waals surface area contributed by atoms with Gasteiger partial charge in [0.05, 0.1) is 36.7 Å². The zero-order chi connectivity index (χ0) is 25.0. The van der Waals surface area contributed by atoms with E-state index < -0.39 is 32.2 Å². The Balaban J connectivity index is 1.85. The molecule has 0 saturated carbocycles. The number of aryl methyl sites for hydroxylation is 1. The number of nitro groups is 1. The molecule has 1 aromatic carbocycles. The van der Waals surface area contributed by atoms with E-state index in [2.05, 4.69) is 4.98 Å². The fraction of sp³-hybridized carbons (Fsp3) is 0.571. The van der Waals surface area contributed by atoms with Crippen LogP contribution in [0.1, 0.15) is 25.1 Å². The fourth-order valence-electron chi connectivity index (χ4n) is 3.31. The topological polar surface area (TPSA) is 141 Å². The Hall–Kier alpha value is -2.42. The van der Waals surface area contributed by atoms with Crippen LogP contribution in [0.4, 0.5) is 5.95 Å². The molecule has 12 nitrogen and oxygen atoms in total. The van der Waals surface area contributed by atoms with E-state index in [4.69, 9.17) is 23.1 Å². The zero-order valence-electron chi connectivity index (χ0n) is 19.6. The minimum Gasteiger partial charge on any atom is -0.390 e. The van der Waals surface area contributed by atoms with E-state index in [0.717, 1.165) is 5.56 Å². The second-order valence-corrected chi connectivity index (χ2v) is 10.3. The molecule has 3 rings (SSSR count). The van der Waals surface area contributed by atoms with Gasteiger partial charge in [0.25, 0.3) is 10.1 Å². The Morgan fingerprint density at radius 3 is 2.44 bits per heavy atom. The van der Waals surface area contributed by atoms with Crippen LogP contribution in [0.15, 0.2) is 35.4 Å². The van der Waals surface area contributed by atoms with Crippen LogP contribution >= 0.6 is 0 Å². The smallest absolute Gasteiger partial charge is 0.390 e. The van der Waals surface area contributed by atoms with Crippen molar-refractivity contribution >= 4 is 16.1 Å². The summed E-state index contributed by atoms with van der Waals surface area (Å²) in [5, 5.41) is 11.6. The average Bonchev–Trinajstić information content (AvgIpc) is 3.18. The second kappa shape index (κ2) is 10.5. The molecule has 0 spiro atoms. The first kappa shape index (κ1) is 26.2. The van der Waals surface area contributed by atoms with Crippen molar-refractivity contribution in [1.82, 2.24) is 9.55 Å². The summed E-state index contributed by atoms with van der Waals surface area (Å²) in [4.78, 5) is 15.0. The summed E-state index contributed by atoms with van der Waals surface area (Å²) in [6, 6.07) is 6.26. The molecule has 0 radical (unpaired) electrons. The number of methoxy groups -OCH3 is 1. The van der Waals surface area contributed by atoms with Crippen LogP contribution in [0.5, 0.6) is 0 Å². The molecule has 1 aliphatic heterocycles. The molecule has 0 bridgehead atoms. The van der Waals surface area contributed by atoms with Gasteiger partial charge in [-0.1, -0.05) is 22.7 Å². The van der Waals surface area contributed by atoms with E-state index in [1.807, 2.05) is 6.92 Å². The highest BCUT2D eigenvalue weighted by atomic mass is 32.2. The van der Waals surface area contributed by atoms with E-state index in [-0.39, 0.29) is 44.7 Å². The molecule has 1 fully saturated rings. The molecule has 2 heterocycles. The number of hydrogen-bond acceptors (Lipinski definition) is 10. The predicted molar refractivity (Wildman–Crippen MR) is 118 cm³/mol. The molecule has 1 saturated heterocycles. The largest absolute Gasteiger partial charge is 0.434 e. The van der Waals surface area contributed by atoms with Crippen molar-refractivity contribution in [2.45, 2.75) is 44.6 Å². The average molecular weight is 500 g/mol. The van der Waals surface area contributed by atoms with E-state index in [9.17, 15) is 18.5 Å². The lowest BCUT2D eigenvalue weighted by molar-refractivity contribution is -0.397. The first-order valence-corrected chi connectivity index (χ1v) is 11.9. The van der Waals surface area contributed by atoms with Crippen molar-refractivity contribution in [3.05, 3.63) is 51.8 Å². The third-order valence-corrected chi connectivity index (χ3v) is 6.49. The Morgan fingerprint density at radius 2 is 1.85 bits per heavy atom. The minimum atomic E-state index is -4.08. The Bertz CT molecular complexity index is 1090. The van der Waals surface area contributed by atoms with Gasteiger partial charge in [-0.3, -0.25) is 4.18 Å². The van der Waals surface area contributed by atoms with Gasteiger partial charge < -0.3 is 29.1 Å². The van der Waals surface area contributed by atoms with Gasteiger partial charge in [0, 0.05) is 7.11 Å². The number of nitrogens with zero attached hydrogens (tertiary/aromatic N) is 3. The van der Waals surface area contributed by atoms with Crippen molar-refractivity contribution in [2.24, 2.45) is 5.41 Å². The van der Waals surface area contributed by atoms with Gasteiger partial charge in [-0.25, -0.2) is 4.57 Å². The maximum atomic E-state index is 12.8. The lowest BCUT2D eigenvalue weighted by Crippen LogP contribution is -2.51. The highest BCUT2D eigenvalue weighted by Gasteiger charge is 2.44. The lowest BCUT2D eigenvalue weighted by Gasteiger charge is -2.42. The van der Waals surface area contributed by atoms with Crippen LogP contribution in [0.2, 0.25) is 0 Å². The molecule has 34 heavy (non-hydrogen) atoms. The van der Waals surface area contributed by atoms with Gasteiger partial charge in [0.1, 0.15) is 19.6 Å². The SMILES string of the molecule is COCOCc1cn(CC2(COS(=O)(=O)c3ccc(C)cc3)COC(C)(C)OC2)c([N+](=O)[O-])n1. The number of hydrogen-bond donors (Lipinski definition) is 0. The molecule has 0 unspecified atom stereocenters. The molecule has 0 amide bonds. The first-order valence-electron chi connectivity index (χ1n) is 10.5. The monoisotopic (exact) mass is 499 g/mol. The molecule has 1 aliphatic rings.